The molecule has 0 N–H and O–H groups in total. The van der Waals surface area contributed by atoms with Gasteiger partial charge in [0.15, 0.2) is 0 Å². The average Bonchev–Trinajstić information content (AvgIpc) is 2.77. The Kier molecular flexibility index (Phi) is 4.00. The fourth-order valence-electron chi connectivity index (χ4n) is 2.41. The van der Waals surface area contributed by atoms with Gasteiger partial charge in [0.25, 0.3) is 0 Å². The van der Waals surface area contributed by atoms with Crippen LogP contribution in [-0.4, -0.2) is 9.55 Å². The Balaban J connectivity index is 2.13. The highest BCUT2D eigenvalue weighted by Gasteiger charge is 2.15. The first-order valence-electron chi connectivity index (χ1n) is 6.59. The minimum absolute atomic E-state index is 0.243. The van der Waals surface area contributed by atoms with E-state index < -0.39 is 0 Å². The molecule has 3 aromatic rings. The van der Waals surface area contributed by atoms with Gasteiger partial charge in [0, 0.05) is 17.1 Å². The van der Waals surface area contributed by atoms with E-state index in [1.807, 2.05) is 29.7 Å². The predicted octanol–water partition coefficient (Wildman–Crippen LogP) is 5.29. The lowest BCUT2D eigenvalue weighted by atomic mass is 10.2. The standard InChI is InChI=1S/C16H13BrClFN2/c1-10(18)16-20-14-8-13(19)5-6-15(14)21(16)9-11-3-2-4-12(17)7-11/h2-8,10H,9H2,1H3. The van der Waals surface area contributed by atoms with Gasteiger partial charge in [-0.05, 0) is 36.8 Å². The van der Waals surface area contributed by atoms with Gasteiger partial charge in [-0.1, -0.05) is 28.1 Å². The molecule has 5 heteroatoms. The van der Waals surface area contributed by atoms with Crippen molar-refractivity contribution < 1.29 is 4.39 Å². The number of alkyl halides is 1. The van der Waals surface area contributed by atoms with Gasteiger partial charge in [-0.2, -0.15) is 0 Å². The quantitative estimate of drug-likeness (QED) is 0.575. The lowest BCUT2D eigenvalue weighted by Crippen LogP contribution is -2.05. The van der Waals surface area contributed by atoms with E-state index in [4.69, 9.17) is 11.6 Å². The zero-order valence-corrected chi connectivity index (χ0v) is 13.7. The number of imidazole rings is 1. The van der Waals surface area contributed by atoms with E-state index >= 15 is 0 Å². The Hall–Kier alpha value is -1.39. The van der Waals surface area contributed by atoms with Crippen LogP contribution in [0, 0.1) is 5.82 Å². The molecule has 2 nitrogen and oxygen atoms in total. The first kappa shape index (κ1) is 14.5. The summed E-state index contributed by atoms with van der Waals surface area (Å²) < 4.78 is 16.4. The number of halogens is 3. The highest BCUT2D eigenvalue weighted by molar-refractivity contribution is 9.10. The maximum absolute atomic E-state index is 13.4. The van der Waals surface area contributed by atoms with Gasteiger partial charge in [0.05, 0.1) is 16.4 Å². The molecule has 21 heavy (non-hydrogen) atoms. The normalized spacial score (nSPS) is 12.8. The Bertz CT molecular complexity index is 798. The van der Waals surface area contributed by atoms with E-state index in [9.17, 15) is 4.39 Å². The van der Waals surface area contributed by atoms with Gasteiger partial charge in [-0.15, -0.1) is 11.6 Å². The molecule has 0 spiro atoms. The number of hydrogen-bond donors (Lipinski definition) is 0. The largest absolute Gasteiger partial charge is 0.322 e. The van der Waals surface area contributed by atoms with E-state index in [2.05, 4.69) is 27.0 Å². The third-order valence-electron chi connectivity index (χ3n) is 3.33. The van der Waals surface area contributed by atoms with Crippen LogP contribution in [0.1, 0.15) is 23.7 Å². The Morgan fingerprint density at radius 1 is 1.29 bits per heavy atom. The maximum Gasteiger partial charge on any atom is 0.128 e. The first-order chi connectivity index (χ1) is 10.0. The molecular formula is C16H13BrClFN2. The van der Waals surface area contributed by atoms with Crippen LogP contribution in [0.2, 0.25) is 0 Å². The van der Waals surface area contributed by atoms with Crippen LogP contribution < -0.4 is 0 Å². The van der Waals surface area contributed by atoms with Crippen LogP contribution in [0.5, 0.6) is 0 Å². The summed E-state index contributed by atoms with van der Waals surface area (Å²) in [6.07, 6.45) is 0. The number of aromatic nitrogens is 2. The third kappa shape index (κ3) is 2.97. The van der Waals surface area contributed by atoms with Gasteiger partial charge in [-0.3, -0.25) is 0 Å². The second-order valence-electron chi connectivity index (χ2n) is 4.94. The maximum atomic E-state index is 13.4. The van der Waals surface area contributed by atoms with E-state index in [1.165, 1.54) is 12.1 Å². The summed E-state index contributed by atoms with van der Waals surface area (Å²) in [7, 11) is 0. The molecule has 1 heterocycles. The fourth-order valence-corrected chi connectivity index (χ4v) is 3.02. The fraction of sp³-hybridized carbons (Fsp3) is 0.188. The van der Waals surface area contributed by atoms with Crippen molar-refractivity contribution in [1.82, 2.24) is 9.55 Å². The number of benzene rings is 2. The molecule has 0 aliphatic rings. The third-order valence-corrected chi connectivity index (χ3v) is 4.01. The predicted molar refractivity (Wildman–Crippen MR) is 87.2 cm³/mol. The van der Waals surface area contributed by atoms with Gasteiger partial charge in [0.2, 0.25) is 0 Å². The van der Waals surface area contributed by atoms with Crippen molar-refractivity contribution in [3.8, 4) is 0 Å². The summed E-state index contributed by atoms with van der Waals surface area (Å²) in [6, 6.07) is 12.7. The summed E-state index contributed by atoms with van der Waals surface area (Å²) in [4.78, 5) is 4.47. The molecule has 0 bridgehead atoms. The van der Waals surface area contributed by atoms with Gasteiger partial charge in [0.1, 0.15) is 11.6 Å². The zero-order chi connectivity index (χ0) is 15.0. The molecular weight excluding hydrogens is 355 g/mol. The molecule has 1 atom stereocenters. The smallest absolute Gasteiger partial charge is 0.128 e. The van der Waals surface area contributed by atoms with Crippen LogP contribution in [-0.2, 0) is 6.54 Å². The van der Waals surface area contributed by atoms with E-state index in [-0.39, 0.29) is 11.2 Å². The molecule has 1 unspecified atom stereocenters. The first-order valence-corrected chi connectivity index (χ1v) is 7.82. The summed E-state index contributed by atoms with van der Waals surface area (Å²) in [6.45, 7) is 2.52. The molecule has 108 valence electrons. The topological polar surface area (TPSA) is 17.8 Å². The van der Waals surface area contributed by atoms with Crippen molar-refractivity contribution in [1.29, 1.82) is 0 Å². The van der Waals surface area contributed by atoms with E-state index in [0.29, 0.717) is 12.1 Å². The van der Waals surface area contributed by atoms with Crippen molar-refractivity contribution in [2.75, 3.05) is 0 Å². The number of hydrogen-bond acceptors (Lipinski definition) is 1. The monoisotopic (exact) mass is 366 g/mol. The number of nitrogens with zero attached hydrogens (tertiary/aromatic N) is 2. The minimum atomic E-state index is -0.289. The van der Waals surface area contributed by atoms with Crippen LogP contribution in [0.3, 0.4) is 0 Å². The molecule has 0 fully saturated rings. The van der Waals surface area contributed by atoms with Crippen molar-refractivity contribution in [2.24, 2.45) is 0 Å². The van der Waals surface area contributed by atoms with Crippen molar-refractivity contribution in [3.05, 3.63) is 64.1 Å². The summed E-state index contributed by atoms with van der Waals surface area (Å²) >= 11 is 9.70. The Labute approximate surface area is 135 Å². The summed E-state index contributed by atoms with van der Waals surface area (Å²) in [5, 5.41) is -0.243. The van der Waals surface area contributed by atoms with Crippen LogP contribution in [0.15, 0.2) is 46.9 Å². The van der Waals surface area contributed by atoms with E-state index in [0.717, 1.165) is 21.4 Å². The Morgan fingerprint density at radius 2 is 2.10 bits per heavy atom. The Morgan fingerprint density at radius 3 is 2.81 bits per heavy atom. The van der Waals surface area contributed by atoms with Gasteiger partial charge < -0.3 is 4.57 Å². The average molecular weight is 368 g/mol. The SMILES string of the molecule is CC(Cl)c1nc2cc(F)ccc2n1Cc1cccc(Br)c1. The highest BCUT2D eigenvalue weighted by Crippen LogP contribution is 2.26. The lowest BCUT2D eigenvalue weighted by molar-refractivity contribution is 0.629. The molecule has 0 aliphatic carbocycles. The summed E-state index contributed by atoms with van der Waals surface area (Å²) in [5.41, 5.74) is 2.65. The summed E-state index contributed by atoms with van der Waals surface area (Å²) in [5.74, 6) is 0.459. The van der Waals surface area contributed by atoms with Crippen molar-refractivity contribution >= 4 is 38.6 Å². The molecule has 0 saturated heterocycles. The molecule has 3 rings (SSSR count). The van der Waals surface area contributed by atoms with Gasteiger partial charge in [-0.25, -0.2) is 9.37 Å². The molecule has 2 aromatic carbocycles. The van der Waals surface area contributed by atoms with Crippen LogP contribution in [0.25, 0.3) is 11.0 Å². The van der Waals surface area contributed by atoms with Crippen molar-refractivity contribution in [3.63, 3.8) is 0 Å². The molecule has 1 aromatic heterocycles. The van der Waals surface area contributed by atoms with Crippen molar-refractivity contribution in [2.45, 2.75) is 18.8 Å². The number of rotatable bonds is 3. The lowest BCUT2D eigenvalue weighted by Gasteiger charge is -2.11. The minimum Gasteiger partial charge on any atom is -0.322 e. The zero-order valence-electron chi connectivity index (χ0n) is 11.4. The molecule has 0 saturated carbocycles. The molecule has 0 radical (unpaired) electrons. The van der Waals surface area contributed by atoms with E-state index in [1.54, 1.807) is 6.07 Å². The second kappa shape index (κ2) is 5.78. The van der Waals surface area contributed by atoms with Crippen LogP contribution in [0.4, 0.5) is 4.39 Å². The number of fused-ring (bicyclic) bond motifs is 1. The van der Waals surface area contributed by atoms with Gasteiger partial charge >= 0.3 is 0 Å². The molecule has 0 amide bonds. The van der Waals surface area contributed by atoms with Crippen LogP contribution >= 0.6 is 27.5 Å². The highest BCUT2D eigenvalue weighted by atomic mass is 79.9. The second-order valence-corrected chi connectivity index (χ2v) is 6.51. The molecule has 0 aliphatic heterocycles.